The lowest BCUT2D eigenvalue weighted by atomic mass is 9.83. The third-order valence-electron chi connectivity index (χ3n) is 10.0. The minimum absolute atomic E-state index is 0.0452. The van der Waals surface area contributed by atoms with Crippen LogP contribution in [0.5, 0.6) is 5.75 Å². The molecule has 1 aromatic carbocycles. The molecule has 4 bridgehead atoms. The molecule has 2 N–H and O–H groups in total. The van der Waals surface area contributed by atoms with E-state index in [4.69, 9.17) is 35.3 Å². The molecule has 2 saturated heterocycles. The number of epoxide rings is 1. The summed E-state index contributed by atoms with van der Waals surface area (Å²) in [6.45, 7) is 7.02. The molecule has 0 saturated carbocycles. The lowest BCUT2D eigenvalue weighted by molar-refractivity contribution is -0.161. The summed E-state index contributed by atoms with van der Waals surface area (Å²) < 4.78 is 29.2. The van der Waals surface area contributed by atoms with Gasteiger partial charge in [0.25, 0.3) is 0 Å². The van der Waals surface area contributed by atoms with E-state index in [1.807, 2.05) is 19.3 Å². The van der Waals surface area contributed by atoms with Crippen molar-refractivity contribution in [1.82, 2.24) is 10.2 Å². The van der Waals surface area contributed by atoms with E-state index < -0.39 is 65.7 Å². The minimum atomic E-state index is -1.82. The lowest BCUT2D eigenvalue weighted by Crippen LogP contribution is -2.63. The Labute approximate surface area is 318 Å². The number of ether oxygens (including phenoxy) is 5. The first kappa shape index (κ1) is 41.8. The number of alkyl carbamates (subject to hydrolysis) is 1. The Hall–Kier alpha value is -2.95. The van der Waals surface area contributed by atoms with Gasteiger partial charge in [0.2, 0.25) is 11.8 Å². The van der Waals surface area contributed by atoms with Crippen molar-refractivity contribution in [3.05, 3.63) is 46.5 Å². The van der Waals surface area contributed by atoms with Gasteiger partial charge in [0.05, 0.1) is 25.3 Å². The fourth-order valence-corrected chi connectivity index (χ4v) is 8.09. The zero-order valence-corrected chi connectivity index (χ0v) is 33.5. The van der Waals surface area contributed by atoms with Gasteiger partial charge in [-0.2, -0.15) is 0 Å². The van der Waals surface area contributed by atoms with Gasteiger partial charge in [0, 0.05) is 45.7 Å². The maximum Gasteiger partial charge on any atom is 0.409 e. The summed E-state index contributed by atoms with van der Waals surface area (Å²) in [5.41, 5.74) is -0.884. The van der Waals surface area contributed by atoms with Crippen molar-refractivity contribution in [1.29, 1.82) is 0 Å². The van der Waals surface area contributed by atoms with Crippen LogP contribution in [0.1, 0.15) is 52.5 Å². The molecule has 0 aromatic heterocycles. The molecule has 4 rings (SSSR count). The number of methoxy groups -OCH3 is 2. The standard InChI is InChI=1S/C36H50ClN3O10S2/c1-20-11-10-12-27(47-8)36(45)19-26(48-34(44)38-36)21(2)32-35(4,50-32)28(49-33(43)22(3)39(5)29(41)13-14-52-51-9)18-30(42)40(6)24-16-23(15-20)17-25(46-7)31(24)37/h10-12,16-17,21-22,26-28,32,45H,13-15,18-19H2,1-9H3,(H,38,44)/b12-10+,20-11+/t21-,22-,26+,27-,28?,32+,35+,36+/m1/s1. The van der Waals surface area contributed by atoms with Gasteiger partial charge in [-0.25, -0.2) is 9.59 Å². The molecule has 0 radical (unpaired) electrons. The zero-order chi connectivity index (χ0) is 38.5. The van der Waals surface area contributed by atoms with Crippen LogP contribution in [0.25, 0.3) is 0 Å². The van der Waals surface area contributed by atoms with Crippen molar-refractivity contribution in [3.8, 4) is 5.75 Å². The Balaban J connectivity index is 1.74. The Morgan fingerprint density at radius 2 is 1.98 bits per heavy atom. The molecule has 0 aliphatic carbocycles. The number of hydrogen-bond donors (Lipinski definition) is 2. The Bertz CT molecular complexity index is 1580. The lowest BCUT2D eigenvalue weighted by Gasteiger charge is -2.42. The number of esters is 1. The van der Waals surface area contributed by atoms with Gasteiger partial charge in [0.1, 0.15) is 40.7 Å². The molecule has 1 aromatic rings. The number of rotatable bonds is 9. The third-order valence-corrected chi connectivity index (χ3v) is 12.2. The number of aliphatic hydroxyl groups is 1. The third kappa shape index (κ3) is 9.40. The van der Waals surface area contributed by atoms with Crippen molar-refractivity contribution in [2.75, 3.05) is 45.2 Å². The summed E-state index contributed by atoms with van der Waals surface area (Å²) in [5, 5.41) is 14.5. The van der Waals surface area contributed by atoms with Crippen LogP contribution in [0.3, 0.4) is 0 Å². The van der Waals surface area contributed by atoms with E-state index >= 15 is 0 Å². The average molecular weight is 784 g/mol. The first-order valence-electron chi connectivity index (χ1n) is 17.0. The van der Waals surface area contributed by atoms with Gasteiger partial charge in [-0.05, 0) is 51.1 Å². The number of hydrogen-bond acceptors (Lipinski definition) is 12. The molecule has 3 heterocycles. The van der Waals surface area contributed by atoms with E-state index in [1.54, 1.807) is 73.7 Å². The monoisotopic (exact) mass is 783 g/mol. The highest BCUT2D eigenvalue weighted by molar-refractivity contribution is 8.76. The highest BCUT2D eigenvalue weighted by atomic mass is 35.5. The van der Waals surface area contributed by atoms with Crippen LogP contribution >= 0.6 is 33.2 Å². The van der Waals surface area contributed by atoms with E-state index in [0.29, 0.717) is 23.6 Å². The van der Waals surface area contributed by atoms with Crippen molar-refractivity contribution in [3.63, 3.8) is 0 Å². The minimum Gasteiger partial charge on any atom is -0.495 e. The van der Waals surface area contributed by atoms with Crippen LogP contribution in [0.15, 0.2) is 35.9 Å². The summed E-state index contributed by atoms with van der Waals surface area (Å²) in [6.07, 6.45) is 3.17. The molecule has 16 heteroatoms. The van der Waals surface area contributed by atoms with E-state index in [9.17, 15) is 24.3 Å². The van der Waals surface area contributed by atoms with E-state index in [1.165, 1.54) is 31.1 Å². The second-order valence-electron chi connectivity index (χ2n) is 13.6. The summed E-state index contributed by atoms with van der Waals surface area (Å²) in [6, 6.07) is 2.63. The maximum atomic E-state index is 14.1. The number of fused-ring (bicyclic) bond motifs is 5. The van der Waals surface area contributed by atoms with Gasteiger partial charge in [-0.15, -0.1) is 0 Å². The van der Waals surface area contributed by atoms with Crippen molar-refractivity contribution < 1.29 is 48.0 Å². The predicted molar refractivity (Wildman–Crippen MR) is 202 cm³/mol. The quantitative estimate of drug-likeness (QED) is 0.151. The number of nitrogens with zero attached hydrogens (tertiary/aromatic N) is 2. The van der Waals surface area contributed by atoms with Gasteiger partial charge >= 0.3 is 12.1 Å². The average Bonchev–Trinajstić information content (AvgIpc) is 3.80. The zero-order valence-electron chi connectivity index (χ0n) is 31.1. The summed E-state index contributed by atoms with van der Waals surface area (Å²) in [5.74, 6) is -0.916. The fourth-order valence-electron chi connectivity index (χ4n) is 6.61. The topological polar surface area (TPSA) is 156 Å². The molecule has 13 nitrogen and oxygen atoms in total. The molecule has 0 spiro atoms. The molecule has 2 fully saturated rings. The highest BCUT2D eigenvalue weighted by Crippen LogP contribution is 2.49. The van der Waals surface area contributed by atoms with Crippen molar-refractivity contribution >= 4 is 62.8 Å². The predicted octanol–water partition coefficient (Wildman–Crippen LogP) is 4.92. The number of carbonyl (C=O) groups excluding carboxylic acids is 4. The van der Waals surface area contributed by atoms with Gasteiger partial charge in [-0.3, -0.25) is 14.9 Å². The number of anilines is 1. The van der Waals surface area contributed by atoms with Gasteiger partial charge in [0.15, 0.2) is 5.72 Å². The molecular weight excluding hydrogens is 734 g/mol. The fraction of sp³-hybridized carbons (Fsp3) is 0.611. The second kappa shape index (κ2) is 17.5. The summed E-state index contributed by atoms with van der Waals surface area (Å²) in [7, 11) is 9.14. The van der Waals surface area contributed by atoms with E-state index in [2.05, 4.69) is 5.32 Å². The van der Waals surface area contributed by atoms with Crippen LogP contribution < -0.4 is 15.0 Å². The summed E-state index contributed by atoms with van der Waals surface area (Å²) >= 11 is 6.75. The SMILES string of the molecule is COc1cc2cc(c1Cl)N(C)C(=O)CC(OC(=O)[C@@H](C)N(C)C(=O)CCSSC)[C@]1(C)O[C@H]1[C@H](C)[C@@H]1C[C@@](O)(NC(=O)O1)[C@H](OC)/C=C/C=C(\C)C2. The first-order valence-corrected chi connectivity index (χ1v) is 20.1. The van der Waals surface area contributed by atoms with Crippen LogP contribution in [-0.4, -0.2) is 116 Å². The molecule has 288 valence electrons. The molecule has 1 unspecified atom stereocenters. The molecule has 3 aliphatic rings. The first-order chi connectivity index (χ1) is 24.5. The largest absolute Gasteiger partial charge is 0.495 e. The number of amides is 3. The van der Waals surface area contributed by atoms with Crippen LogP contribution in [0, 0.1) is 5.92 Å². The Morgan fingerprint density at radius 1 is 1.27 bits per heavy atom. The number of carbonyl (C=O) groups is 4. The Morgan fingerprint density at radius 3 is 2.63 bits per heavy atom. The highest BCUT2D eigenvalue weighted by Gasteiger charge is 2.64. The molecule has 8 atom stereocenters. The number of allylic oxidation sites excluding steroid dienone is 3. The maximum absolute atomic E-state index is 14.1. The molecule has 52 heavy (non-hydrogen) atoms. The van der Waals surface area contributed by atoms with Crippen molar-refractivity contribution in [2.45, 2.75) is 95.2 Å². The van der Waals surface area contributed by atoms with Gasteiger partial charge < -0.3 is 38.6 Å². The van der Waals surface area contributed by atoms with Crippen LogP contribution in [0.2, 0.25) is 5.02 Å². The number of nitrogens with one attached hydrogen (secondary N) is 1. The molecule has 3 amide bonds. The molecular formula is C36H50ClN3O10S2. The second-order valence-corrected chi connectivity index (χ2v) is 16.7. The number of halogens is 1. The van der Waals surface area contributed by atoms with Crippen LogP contribution in [0.4, 0.5) is 10.5 Å². The van der Waals surface area contributed by atoms with Crippen LogP contribution in [-0.2, 0) is 39.8 Å². The summed E-state index contributed by atoms with van der Waals surface area (Å²) in [4.78, 5) is 56.2. The number of benzene rings is 1. The van der Waals surface area contributed by atoms with Gasteiger partial charge in [-0.1, -0.05) is 63.9 Å². The van der Waals surface area contributed by atoms with Crippen molar-refractivity contribution in [2.24, 2.45) is 5.92 Å². The smallest absolute Gasteiger partial charge is 0.409 e. The van der Waals surface area contributed by atoms with E-state index in [-0.39, 0.29) is 30.2 Å². The van der Waals surface area contributed by atoms with E-state index in [0.717, 1.165) is 11.1 Å². The Kier molecular flexibility index (Phi) is 14.0. The normalized spacial score (nSPS) is 31.6. The number of likely N-dealkylation sites (N-methyl/N-ethyl adjacent to an activating group) is 1. The molecule has 3 aliphatic heterocycles.